The van der Waals surface area contributed by atoms with Gasteiger partial charge in [-0.2, -0.15) is 0 Å². The lowest BCUT2D eigenvalue weighted by Crippen LogP contribution is -2.34. The second kappa shape index (κ2) is 8.13. The van der Waals surface area contributed by atoms with Crippen molar-refractivity contribution in [2.45, 2.75) is 25.3 Å². The summed E-state index contributed by atoms with van der Waals surface area (Å²) < 4.78 is 7.14. The first-order valence-corrected chi connectivity index (χ1v) is 9.48. The highest BCUT2D eigenvalue weighted by Crippen LogP contribution is 2.29. The predicted molar refractivity (Wildman–Crippen MR) is 106 cm³/mol. The summed E-state index contributed by atoms with van der Waals surface area (Å²) in [4.78, 5) is 24.5. The van der Waals surface area contributed by atoms with Crippen LogP contribution in [-0.4, -0.2) is 23.1 Å². The molecule has 0 spiro atoms. The summed E-state index contributed by atoms with van der Waals surface area (Å²) in [7, 11) is 0. The average molecular weight is 374 g/mol. The van der Waals surface area contributed by atoms with Crippen molar-refractivity contribution in [1.29, 1.82) is 0 Å². The second-order valence-electron chi connectivity index (χ2n) is 6.92. The fourth-order valence-electron chi connectivity index (χ4n) is 3.63. The maximum absolute atomic E-state index is 12.3. The minimum absolute atomic E-state index is 0.0167. The molecule has 2 aromatic carbocycles. The van der Waals surface area contributed by atoms with Gasteiger partial charge in [0, 0.05) is 18.1 Å². The van der Waals surface area contributed by atoms with E-state index in [1.165, 1.54) is 5.56 Å². The van der Waals surface area contributed by atoms with Crippen LogP contribution in [0.15, 0.2) is 73.1 Å². The molecule has 1 heterocycles. The number of ether oxygens (including phenoxy) is 1. The highest BCUT2D eigenvalue weighted by Gasteiger charge is 2.21. The Morgan fingerprint density at radius 1 is 1.00 bits per heavy atom. The zero-order chi connectivity index (χ0) is 19.3. The Morgan fingerprint density at radius 3 is 2.54 bits per heavy atom. The first kappa shape index (κ1) is 18.0. The number of nitrogens with zero attached hydrogens (tertiary/aromatic N) is 1. The van der Waals surface area contributed by atoms with Gasteiger partial charge in [-0.15, -0.1) is 0 Å². The largest absolute Gasteiger partial charge is 0.452 e. The zero-order valence-corrected chi connectivity index (χ0v) is 15.5. The molecule has 1 amide bonds. The lowest BCUT2D eigenvalue weighted by atomic mass is 9.88. The number of hydrogen-bond acceptors (Lipinski definition) is 3. The van der Waals surface area contributed by atoms with Gasteiger partial charge in [0.1, 0.15) is 0 Å². The average Bonchev–Trinajstić information content (AvgIpc) is 3.27. The van der Waals surface area contributed by atoms with Crippen LogP contribution in [0.2, 0.25) is 0 Å². The minimum atomic E-state index is -0.502. The summed E-state index contributed by atoms with van der Waals surface area (Å²) in [6.45, 7) is -0.281. The van der Waals surface area contributed by atoms with E-state index < -0.39 is 5.97 Å². The number of nitrogens with one attached hydrogen (secondary N) is 1. The van der Waals surface area contributed by atoms with Crippen molar-refractivity contribution in [3.05, 3.63) is 89.7 Å². The van der Waals surface area contributed by atoms with E-state index >= 15 is 0 Å². The Hall–Kier alpha value is -3.34. The van der Waals surface area contributed by atoms with Gasteiger partial charge in [0.15, 0.2) is 6.61 Å². The third-order valence-corrected chi connectivity index (χ3v) is 5.04. The van der Waals surface area contributed by atoms with Crippen molar-refractivity contribution in [2.75, 3.05) is 6.61 Å². The van der Waals surface area contributed by atoms with Gasteiger partial charge in [0.2, 0.25) is 0 Å². The van der Waals surface area contributed by atoms with E-state index in [2.05, 4.69) is 17.4 Å². The van der Waals surface area contributed by atoms with E-state index in [4.69, 9.17) is 4.74 Å². The highest BCUT2D eigenvalue weighted by molar-refractivity contribution is 5.91. The molecule has 0 saturated heterocycles. The minimum Gasteiger partial charge on any atom is -0.452 e. The van der Waals surface area contributed by atoms with Gasteiger partial charge >= 0.3 is 5.97 Å². The van der Waals surface area contributed by atoms with Crippen LogP contribution in [0.1, 0.15) is 40.4 Å². The van der Waals surface area contributed by atoms with Crippen molar-refractivity contribution in [1.82, 2.24) is 9.88 Å². The van der Waals surface area contributed by atoms with E-state index in [1.807, 2.05) is 53.4 Å². The quantitative estimate of drug-likeness (QED) is 0.691. The smallest absolute Gasteiger partial charge is 0.338 e. The number of amides is 1. The molecule has 1 unspecified atom stereocenters. The van der Waals surface area contributed by atoms with Crippen molar-refractivity contribution in [3.8, 4) is 5.69 Å². The summed E-state index contributed by atoms with van der Waals surface area (Å²) in [5.74, 6) is -0.780. The fourth-order valence-corrected chi connectivity index (χ4v) is 3.63. The van der Waals surface area contributed by atoms with Crippen LogP contribution in [-0.2, 0) is 16.0 Å². The number of aromatic nitrogens is 1. The van der Waals surface area contributed by atoms with Crippen LogP contribution < -0.4 is 5.32 Å². The Labute approximate surface area is 163 Å². The molecule has 1 atom stereocenters. The normalized spacial score (nSPS) is 15.5. The van der Waals surface area contributed by atoms with E-state index in [0.717, 1.165) is 30.5 Å². The molecule has 4 rings (SSSR count). The number of esters is 1. The van der Waals surface area contributed by atoms with Crippen LogP contribution in [0, 0.1) is 0 Å². The van der Waals surface area contributed by atoms with Gasteiger partial charge in [-0.1, -0.05) is 24.3 Å². The van der Waals surface area contributed by atoms with Crippen LogP contribution in [0.25, 0.3) is 5.69 Å². The van der Waals surface area contributed by atoms with E-state index in [0.29, 0.717) is 5.56 Å². The number of aryl methyl sites for hydroxylation is 1. The fraction of sp³-hybridized carbons (Fsp3) is 0.217. The Bertz CT molecular complexity index is 962. The van der Waals surface area contributed by atoms with Gasteiger partial charge < -0.3 is 14.6 Å². The standard InChI is InChI=1S/C23H22N2O3/c26-22(24-21-9-5-7-17-6-1-2-8-20(17)21)16-28-23(27)18-10-12-19(13-11-18)25-14-3-4-15-25/h1-4,6,8,10-15,21H,5,7,9,16H2,(H,24,26). The number of benzene rings is 2. The SMILES string of the molecule is O=C(COC(=O)c1ccc(-n2cccc2)cc1)NC1CCCc2ccccc21. The van der Waals surface area contributed by atoms with Crippen molar-refractivity contribution < 1.29 is 14.3 Å². The van der Waals surface area contributed by atoms with Gasteiger partial charge in [0.05, 0.1) is 11.6 Å². The molecule has 0 bridgehead atoms. The summed E-state index contributed by atoms with van der Waals surface area (Å²) >= 11 is 0. The predicted octanol–water partition coefficient (Wildman–Crippen LogP) is 3.83. The number of fused-ring (bicyclic) bond motifs is 1. The van der Waals surface area contributed by atoms with Gasteiger partial charge in [-0.05, 0) is 66.8 Å². The van der Waals surface area contributed by atoms with E-state index in [1.54, 1.807) is 12.1 Å². The van der Waals surface area contributed by atoms with Crippen molar-refractivity contribution in [2.24, 2.45) is 0 Å². The lowest BCUT2D eigenvalue weighted by molar-refractivity contribution is -0.125. The summed E-state index contributed by atoms with van der Waals surface area (Å²) in [5, 5.41) is 2.99. The first-order valence-electron chi connectivity index (χ1n) is 9.48. The Kier molecular flexibility index (Phi) is 5.24. The summed E-state index contributed by atoms with van der Waals surface area (Å²) in [6, 6.07) is 19.1. The molecule has 0 saturated carbocycles. The molecule has 0 fully saturated rings. The topological polar surface area (TPSA) is 60.3 Å². The molecule has 142 valence electrons. The highest BCUT2D eigenvalue weighted by atomic mass is 16.5. The summed E-state index contributed by atoms with van der Waals surface area (Å²) in [5.41, 5.74) is 3.81. The molecule has 1 aromatic heterocycles. The van der Waals surface area contributed by atoms with E-state index in [9.17, 15) is 9.59 Å². The lowest BCUT2D eigenvalue weighted by Gasteiger charge is -2.26. The van der Waals surface area contributed by atoms with Crippen LogP contribution in [0.4, 0.5) is 0 Å². The van der Waals surface area contributed by atoms with Gasteiger partial charge in [0.25, 0.3) is 5.91 Å². The van der Waals surface area contributed by atoms with Crippen molar-refractivity contribution >= 4 is 11.9 Å². The second-order valence-corrected chi connectivity index (χ2v) is 6.92. The number of hydrogen-bond donors (Lipinski definition) is 1. The molecular formula is C23H22N2O3. The third kappa shape index (κ3) is 3.98. The maximum Gasteiger partial charge on any atom is 0.338 e. The van der Waals surface area contributed by atoms with Crippen molar-refractivity contribution in [3.63, 3.8) is 0 Å². The van der Waals surface area contributed by atoms with Gasteiger partial charge in [-0.3, -0.25) is 4.79 Å². The number of carbonyl (C=O) groups is 2. The molecule has 3 aromatic rings. The van der Waals surface area contributed by atoms with E-state index in [-0.39, 0.29) is 18.6 Å². The summed E-state index contributed by atoms with van der Waals surface area (Å²) in [6.07, 6.45) is 6.84. The molecule has 5 nitrogen and oxygen atoms in total. The first-order chi connectivity index (χ1) is 13.7. The molecule has 1 aliphatic rings. The molecule has 28 heavy (non-hydrogen) atoms. The Balaban J connectivity index is 1.32. The molecule has 0 aliphatic heterocycles. The number of rotatable bonds is 5. The van der Waals surface area contributed by atoms with Crippen LogP contribution in [0.5, 0.6) is 0 Å². The molecule has 1 N–H and O–H groups in total. The van der Waals surface area contributed by atoms with Crippen LogP contribution in [0.3, 0.4) is 0 Å². The Morgan fingerprint density at radius 2 is 1.75 bits per heavy atom. The number of carbonyl (C=O) groups excluding carboxylic acids is 2. The molecular weight excluding hydrogens is 352 g/mol. The maximum atomic E-state index is 12.3. The van der Waals surface area contributed by atoms with Crippen LogP contribution >= 0.6 is 0 Å². The zero-order valence-electron chi connectivity index (χ0n) is 15.5. The molecule has 1 aliphatic carbocycles. The monoisotopic (exact) mass is 374 g/mol. The third-order valence-electron chi connectivity index (χ3n) is 5.04. The van der Waals surface area contributed by atoms with Gasteiger partial charge in [-0.25, -0.2) is 4.79 Å². The molecule has 5 heteroatoms. The molecule has 0 radical (unpaired) electrons.